The van der Waals surface area contributed by atoms with E-state index >= 15 is 0 Å². The lowest BCUT2D eigenvalue weighted by molar-refractivity contribution is -0.126. The molecule has 10 heteroatoms. The molecule has 0 bridgehead atoms. The molecule has 0 saturated carbocycles. The zero-order valence-electron chi connectivity index (χ0n) is 31.8. The third-order valence-corrected chi connectivity index (χ3v) is 18.5. The van der Waals surface area contributed by atoms with Crippen molar-refractivity contribution in [2.75, 3.05) is 13.6 Å². The summed E-state index contributed by atoms with van der Waals surface area (Å²) in [6.45, 7) is 22.4. The smallest absolute Gasteiger partial charge is 0.252 e. The van der Waals surface area contributed by atoms with Gasteiger partial charge in [-0.3, -0.25) is 14.4 Å². The molecule has 3 N–H and O–H groups in total. The lowest BCUT2D eigenvalue weighted by Gasteiger charge is -2.36. The van der Waals surface area contributed by atoms with Crippen LogP contribution < -0.4 is 24.8 Å². The second-order valence-electron chi connectivity index (χ2n) is 15.8. The van der Waals surface area contributed by atoms with Gasteiger partial charge in [0, 0.05) is 26.1 Å². The van der Waals surface area contributed by atoms with Crippen LogP contribution in [0.4, 0.5) is 0 Å². The van der Waals surface area contributed by atoms with Crippen molar-refractivity contribution in [3.63, 3.8) is 0 Å². The molecule has 1 atom stereocenters. The highest BCUT2D eigenvalue weighted by Crippen LogP contribution is 2.38. The highest BCUT2D eigenvalue weighted by Gasteiger charge is 2.39. The fourth-order valence-corrected chi connectivity index (χ4v) is 6.65. The maximum absolute atomic E-state index is 13.5. The number of nitrogens with one attached hydrogen (secondary N) is 3. The van der Waals surface area contributed by atoms with Crippen molar-refractivity contribution in [2.24, 2.45) is 0 Å². The summed E-state index contributed by atoms with van der Waals surface area (Å²) in [7, 11) is -2.40. The highest BCUT2D eigenvalue weighted by molar-refractivity contribution is 6.75. The summed E-state index contributed by atoms with van der Waals surface area (Å²) in [4.78, 5) is 39.7. The Morgan fingerprint density at radius 3 is 1.66 bits per heavy atom. The van der Waals surface area contributed by atoms with E-state index in [0.29, 0.717) is 18.5 Å². The molecule has 0 aliphatic rings. The van der Waals surface area contributed by atoms with Gasteiger partial charge in [0.1, 0.15) is 17.5 Å². The van der Waals surface area contributed by atoms with Gasteiger partial charge in [-0.25, -0.2) is 0 Å². The van der Waals surface area contributed by atoms with Crippen LogP contribution in [0, 0.1) is 0 Å². The molecule has 0 aliphatic heterocycles. The van der Waals surface area contributed by atoms with Crippen LogP contribution >= 0.6 is 0 Å². The summed E-state index contributed by atoms with van der Waals surface area (Å²) in [5.41, 5.74) is 2.74. The van der Waals surface area contributed by atoms with Crippen molar-refractivity contribution in [2.45, 2.75) is 96.7 Å². The first-order valence-corrected chi connectivity index (χ1v) is 23.2. The Morgan fingerprint density at radius 2 is 1.20 bits per heavy atom. The fourth-order valence-electron chi connectivity index (χ4n) is 4.59. The van der Waals surface area contributed by atoms with E-state index in [9.17, 15) is 14.4 Å². The van der Waals surface area contributed by atoms with Gasteiger partial charge in [-0.15, -0.1) is 0 Å². The molecule has 3 aromatic carbocycles. The second kappa shape index (κ2) is 16.7. The van der Waals surface area contributed by atoms with Crippen LogP contribution in [0.1, 0.15) is 58.2 Å². The second-order valence-corrected chi connectivity index (χ2v) is 25.3. The normalized spacial score (nSPS) is 13.2. The first-order valence-electron chi connectivity index (χ1n) is 17.4. The Hall–Kier alpha value is -4.16. The van der Waals surface area contributed by atoms with Gasteiger partial charge in [-0.2, -0.15) is 0 Å². The summed E-state index contributed by atoms with van der Waals surface area (Å²) in [6, 6.07) is 23.8. The Morgan fingerprint density at radius 1 is 0.720 bits per heavy atom. The van der Waals surface area contributed by atoms with E-state index in [4.69, 9.17) is 8.85 Å². The van der Waals surface area contributed by atoms with Crippen LogP contribution in [-0.2, 0) is 27.2 Å². The zero-order valence-corrected chi connectivity index (χ0v) is 33.8. The molecule has 1 unspecified atom stereocenters. The highest BCUT2D eigenvalue weighted by atomic mass is 28.4. The molecule has 0 saturated heterocycles. The zero-order chi connectivity index (χ0) is 37.3. The molecular formula is C40H57N3O5Si2. The summed E-state index contributed by atoms with van der Waals surface area (Å²) >= 11 is 0. The largest absolute Gasteiger partial charge is 0.544 e. The van der Waals surface area contributed by atoms with Crippen LogP contribution in [0.5, 0.6) is 11.5 Å². The number of carbonyl (C=O) groups is 3. The van der Waals surface area contributed by atoms with Gasteiger partial charge in [0.15, 0.2) is 0 Å². The minimum Gasteiger partial charge on any atom is -0.544 e. The lowest BCUT2D eigenvalue weighted by atomic mass is 10.0. The van der Waals surface area contributed by atoms with Gasteiger partial charge in [0.05, 0.1) is 5.57 Å². The Balaban J connectivity index is 1.69. The Kier molecular flexibility index (Phi) is 13.5. The van der Waals surface area contributed by atoms with Crippen molar-refractivity contribution in [1.29, 1.82) is 0 Å². The first kappa shape index (κ1) is 40.3. The van der Waals surface area contributed by atoms with E-state index in [1.54, 1.807) is 12.1 Å². The van der Waals surface area contributed by atoms with Gasteiger partial charge in [0.2, 0.25) is 28.4 Å². The quantitative estimate of drug-likeness (QED) is 0.117. The van der Waals surface area contributed by atoms with Crippen molar-refractivity contribution in [1.82, 2.24) is 16.0 Å². The number of hydrogen-bond acceptors (Lipinski definition) is 5. The van der Waals surface area contributed by atoms with Crippen LogP contribution in [-0.4, -0.2) is 54.0 Å². The number of amides is 3. The van der Waals surface area contributed by atoms with Gasteiger partial charge in [-0.1, -0.05) is 96.1 Å². The fraction of sp³-hybridized carbons (Fsp3) is 0.425. The van der Waals surface area contributed by atoms with E-state index < -0.39 is 28.6 Å². The number of benzene rings is 3. The van der Waals surface area contributed by atoms with Crippen molar-refractivity contribution < 1.29 is 23.2 Å². The number of hydrogen-bond donors (Lipinski definition) is 3. The van der Waals surface area contributed by atoms with Gasteiger partial charge >= 0.3 is 0 Å². The standard InChI is InChI=1S/C40H57N3O5Si2/c1-39(2,3)49(8,9)47-32-21-17-29(18-22-32)25-26-42-37(45)34(31-15-13-12-14-16-31)28-36(44)43-35(38(46)41-7)27-30-19-23-33(24-20-30)48-50(10,11)40(4,5)6/h12-24,28,35H,25-27H2,1-11H3,(H,41,46)(H,42,45)(H,43,44). The molecule has 0 heterocycles. The molecule has 3 amide bonds. The van der Waals surface area contributed by atoms with Crippen molar-refractivity contribution >= 4 is 39.9 Å². The third-order valence-electron chi connectivity index (χ3n) is 9.83. The predicted molar refractivity (Wildman–Crippen MR) is 209 cm³/mol. The average Bonchev–Trinajstić information content (AvgIpc) is 3.03. The van der Waals surface area contributed by atoms with E-state index in [0.717, 1.165) is 22.6 Å². The first-order chi connectivity index (χ1) is 23.2. The summed E-state index contributed by atoms with van der Waals surface area (Å²) in [6.07, 6.45) is 2.15. The van der Waals surface area contributed by atoms with Crippen molar-refractivity contribution in [3.8, 4) is 11.5 Å². The number of carbonyl (C=O) groups excluding carboxylic acids is 3. The van der Waals surface area contributed by atoms with E-state index in [1.807, 2.05) is 66.7 Å². The topological polar surface area (TPSA) is 106 Å². The van der Waals surface area contributed by atoms with E-state index in [2.05, 4.69) is 83.7 Å². The Bertz CT molecular complexity index is 1620. The molecule has 270 valence electrons. The third kappa shape index (κ3) is 11.4. The number of likely N-dealkylation sites (N-methyl/N-ethyl adjacent to an activating group) is 1. The maximum Gasteiger partial charge on any atom is 0.252 e. The summed E-state index contributed by atoms with van der Waals surface area (Å²) in [5.74, 6) is 0.392. The summed E-state index contributed by atoms with van der Waals surface area (Å²) < 4.78 is 12.8. The predicted octanol–water partition coefficient (Wildman–Crippen LogP) is 7.67. The van der Waals surface area contributed by atoms with Crippen LogP contribution in [0.2, 0.25) is 36.3 Å². The van der Waals surface area contributed by atoms with Gasteiger partial charge in [0.25, 0.3) is 5.91 Å². The molecule has 0 radical (unpaired) electrons. The number of rotatable bonds is 14. The van der Waals surface area contributed by atoms with Gasteiger partial charge in [-0.05, 0) is 83.6 Å². The lowest BCUT2D eigenvalue weighted by Crippen LogP contribution is -2.46. The molecule has 0 aliphatic carbocycles. The van der Waals surface area contributed by atoms with Gasteiger partial charge < -0.3 is 24.8 Å². The molecule has 3 rings (SSSR count). The molecule has 8 nitrogen and oxygen atoms in total. The van der Waals surface area contributed by atoms with Crippen LogP contribution in [0.3, 0.4) is 0 Å². The SMILES string of the molecule is CNC(=O)C(Cc1ccc(O[Si](C)(C)C(C)(C)C)cc1)NC(=O)C=C(C(=O)NCCc1ccc(O[Si](C)(C)C(C)(C)C)cc1)c1ccccc1. The molecule has 0 spiro atoms. The van der Waals surface area contributed by atoms with Crippen LogP contribution in [0.25, 0.3) is 5.57 Å². The average molecular weight is 716 g/mol. The minimum atomic E-state index is -2.00. The van der Waals surface area contributed by atoms with Crippen molar-refractivity contribution in [3.05, 3.63) is 102 Å². The van der Waals surface area contributed by atoms with E-state index in [1.165, 1.54) is 13.1 Å². The molecule has 0 fully saturated rings. The molecule has 3 aromatic rings. The molecule has 50 heavy (non-hydrogen) atoms. The van der Waals surface area contributed by atoms with E-state index in [-0.39, 0.29) is 33.9 Å². The molecular weight excluding hydrogens is 659 g/mol. The monoisotopic (exact) mass is 715 g/mol. The minimum absolute atomic E-state index is 0.0655. The molecule has 0 aromatic heterocycles. The summed E-state index contributed by atoms with van der Waals surface area (Å²) in [5, 5.41) is 8.59. The van der Waals surface area contributed by atoms with Crippen LogP contribution in [0.15, 0.2) is 84.9 Å². The maximum atomic E-state index is 13.5. The Labute approximate surface area is 301 Å².